The van der Waals surface area contributed by atoms with E-state index in [1.54, 1.807) is 24.3 Å². The van der Waals surface area contributed by atoms with Gasteiger partial charge in [-0.15, -0.1) is 0 Å². The minimum absolute atomic E-state index is 0.0109. The van der Waals surface area contributed by atoms with E-state index in [1.165, 1.54) is 18.2 Å². The van der Waals surface area contributed by atoms with E-state index < -0.39 is 5.91 Å². The summed E-state index contributed by atoms with van der Waals surface area (Å²) >= 11 is 6.03. The zero-order valence-electron chi connectivity index (χ0n) is 18.2. The van der Waals surface area contributed by atoms with Gasteiger partial charge in [-0.05, 0) is 80.8 Å². The summed E-state index contributed by atoms with van der Waals surface area (Å²) in [6.07, 6.45) is 1.61. The number of amides is 1. The van der Waals surface area contributed by atoms with Crippen LogP contribution in [0.5, 0.6) is 5.75 Å². The highest BCUT2D eigenvalue weighted by Gasteiger charge is 2.16. The van der Waals surface area contributed by atoms with Crippen molar-refractivity contribution in [3.05, 3.63) is 81.1 Å². The lowest BCUT2D eigenvalue weighted by Crippen LogP contribution is -2.14. The molecular formula is C25H24ClN3O2. The Bertz CT molecular complexity index is 1230. The highest BCUT2D eigenvalue weighted by molar-refractivity contribution is 6.31. The van der Waals surface area contributed by atoms with Crippen molar-refractivity contribution in [3.63, 3.8) is 0 Å². The van der Waals surface area contributed by atoms with Crippen molar-refractivity contribution < 1.29 is 9.53 Å². The number of halogens is 1. The molecule has 0 saturated heterocycles. The van der Waals surface area contributed by atoms with Crippen LogP contribution >= 0.6 is 11.6 Å². The number of aryl methyl sites for hydroxylation is 2. The van der Waals surface area contributed by atoms with E-state index in [9.17, 15) is 10.1 Å². The number of aromatic nitrogens is 1. The second-order valence-corrected chi connectivity index (χ2v) is 7.79. The normalized spacial score (nSPS) is 11.2. The number of benzene rings is 2. The van der Waals surface area contributed by atoms with Crippen LogP contribution in [0.1, 0.15) is 28.1 Å². The molecule has 0 aliphatic heterocycles. The molecule has 0 aliphatic carbocycles. The van der Waals surface area contributed by atoms with Crippen molar-refractivity contribution in [2.24, 2.45) is 0 Å². The Labute approximate surface area is 187 Å². The van der Waals surface area contributed by atoms with Crippen LogP contribution in [0.2, 0.25) is 5.02 Å². The minimum Gasteiger partial charge on any atom is -0.495 e. The smallest absolute Gasteiger partial charge is 0.266 e. The predicted octanol–water partition coefficient (Wildman–Crippen LogP) is 5.92. The molecule has 0 saturated carbocycles. The molecule has 0 unspecified atom stereocenters. The lowest BCUT2D eigenvalue weighted by atomic mass is 10.1. The second kappa shape index (κ2) is 9.11. The highest BCUT2D eigenvalue weighted by atomic mass is 35.5. The predicted molar refractivity (Wildman–Crippen MR) is 125 cm³/mol. The summed E-state index contributed by atoms with van der Waals surface area (Å²) in [5, 5.41) is 12.8. The quantitative estimate of drug-likeness (QED) is 0.401. The number of nitrogens with zero attached hydrogens (tertiary/aromatic N) is 2. The maximum atomic E-state index is 12.8. The van der Waals surface area contributed by atoms with Crippen molar-refractivity contribution in [1.82, 2.24) is 4.57 Å². The number of anilines is 1. The van der Waals surface area contributed by atoms with Gasteiger partial charge in [-0.1, -0.05) is 23.7 Å². The van der Waals surface area contributed by atoms with Crippen molar-refractivity contribution >= 4 is 29.3 Å². The van der Waals surface area contributed by atoms with Crippen molar-refractivity contribution in [1.29, 1.82) is 5.26 Å². The highest BCUT2D eigenvalue weighted by Crippen LogP contribution is 2.29. The van der Waals surface area contributed by atoms with Gasteiger partial charge in [0.2, 0.25) is 0 Å². The Morgan fingerprint density at radius 3 is 2.58 bits per heavy atom. The van der Waals surface area contributed by atoms with Crippen LogP contribution < -0.4 is 10.1 Å². The Kier molecular flexibility index (Phi) is 6.53. The molecule has 0 fully saturated rings. The van der Waals surface area contributed by atoms with Gasteiger partial charge in [-0.25, -0.2) is 0 Å². The molecule has 158 valence electrons. The van der Waals surface area contributed by atoms with E-state index in [-0.39, 0.29) is 5.57 Å². The average Bonchev–Trinajstić information content (AvgIpc) is 3.01. The molecule has 3 rings (SSSR count). The number of nitrogens with one attached hydrogen (secondary N) is 1. The maximum absolute atomic E-state index is 12.8. The van der Waals surface area contributed by atoms with Crippen LogP contribution in [0, 0.1) is 39.0 Å². The fourth-order valence-electron chi connectivity index (χ4n) is 3.55. The first-order chi connectivity index (χ1) is 14.8. The molecule has 31 heavy (non-hydrogen) atoms. The second-order valence-electron chi connectivity index (χ2n) is 7.35. The third-order valence-corrected chi connectivity index (χ3v) is 5.60. The Hall–Kier alpha value is -3.49. The Morgan fingerprint density at radius 1 is 1.16 bits per heavy atom. The standard InChI is InChI=1S/C25H24ClN3O2/c1-15-7-6-8-23(17(15)3)29-16(2)11-19(18(29)4)12-20(14-27)25(30)28-22-13-21(26)9-10-24(22)31-5/h6-13H,1-5H3,(H,28,30)/b20-12+. The zero-order chi connectivity index (χ0) is 22.7. The van der Waals surface area contributed by atoms with Crippen LogP contribution in [0.15, 0.2) is 48.0 Å². The fraction of sp³-hybridized carbons (Fsp3) is 0.200. The molecule has 0 atom stereocenters. The molecule has 0 radical (unpaired) electrons. The van der Waals surface area contributed by atoms with Gasteiger partial charge in [0.25, 0.3) is 5.91 Å². The largest absolute Gasteiger partial charge is 0.495 e. The summed E-state index contributed by atoms with van der Waals surface area (Å²) in [5.41, 5.74) is 6.65. The van der Waals surface area contributed by atoms with Crippen LogP contribution in [-0.2, 0) is 4.79 Å². The lowest BCUT2D eigenvalue weighted by Gasteiger charge is -2.14. The summed E-state index contributed by atoms with van der Waals surface area (Å²) < 4.78 is 7.40. The van der Waals surface area contributed by atoms with Crippen LogP contribution in [0.25, 0.3) is 11.8 Å². The van der Waals surface area contributed by atoms with Crippen molar-refractivity contribution in [3.8, 4) is 17.5 Å². The monoisotopic (exact) mass is 433 g/mol. The topological polar surface area (TPSA) is 67.0 Å². The minimum atomic E-state index is -0.528. The van der Waals surface area contributed by atoms with Crippen molar-refractivity contribution in [2.75, 3.05) is 12.4 Å². The van der Waals surface area contributed by atoms with E-state index in [1.807, 2.05) is 32.0 Å². The number of methoxy groups -OCH3 is 1. The van der Waals surface area contributed by atoms with Gasteiger partial charge >= 0.3 is 0 Å². The van der Waals surface area contributed by atoms with Crippen LogP contribution in [-0.4, -0.2) is 17.6 Å². The van der Waals surface area contributed by atoms with Gasteiger partial charge in [0.1, 0.15) is 17.4 Å². The molecular weight excluding hydrogens is 410 g/mol. The van der Waals surface area contributed by atoms with Gasteiger partial charge in [0, 0.05) is 22.1 Å². The lowest BCUT2D eigenvalue weighted by molar-refractivity contribution is -0.112. The van der Waals surface area contributed by atoms with E-state index in [0.717, 1.165) is 22.6 Å². The summed E-state index contributed by atoms with van der Waals surface area (Å²) in [7, 11) is 1.50. The number of hydrogen-bond donors (Lipinski definition) is 1. The van der Waals surface area contributed by atoms with Gasteiger partial charge in [0.15, 0.2) is 0 Å². The molecule has 2 aromatic carbocycles. The molecule has 1 N–H and O–H groups in total. The van der Waals surface area contributed by atoms with E-state index in [2.05, 4.69) is 35.9 Å². The van der Waals surface area contributed by atoms with Gasteiger partial charge < -0.3 is 14.6 Å². The molecule has 3 aromatic rings. The van der Waals surface area contributed by atoms with Crippen LogP contribution in [0.3, 0.4) is 0 Å². The van der Waals surface area contributed by atoms with E-state index >= 15 is 0 Å². The number of carbonyl (C=O) groups is 1. The summed E-state index contributed by atoms with van der Waals surface area (Å²) in [5.74, 6) is -0.0669. The number of carbonyl (C=O) groups excluding carboxylic acids is 1. The number of ether oxygens (including phenoxy) is 1. The average molecular weight is 434 g/mol. The Balaban J connectivity index is 1.99. The molecule has 0 aliphatic rings. The SMILES string of the molecule is COc1ccc(Cl)cc1NC(=O)/C(C#N)=C/c1cc(C)n(-c2cccc(C)c2C)c1C. The first-order valence-corrected chi connectivity index (χ1v) is 10.2. The van der Waals surface area contributed by atoms with Gasteiger partial charge in [0.05, 0.1) is 12.8 Å². The zero-order valence-corrected chi connectivity index (χ0v) is 19.0. The third-order valence-electron chi connectivity index (χ3n) is 5.36. The summed E-state index contributed by atoms with van der Waals surface area (Å²) in [4.78, 5) is 12.8. The molecule has 5 nitrogen and oxygen atoms in total. The van der Waals surface area contributed by atoms with Gasteiger partial charge in [-0.2, -0.15) is 5.26 Å². The fourth-order valence-corrected chi connectivity index (χ4v) is 3.73. The number of rotatable bonds is 5. The molecule has 1 aromatic heterocycles. The molecule has 0 bridgehead atoms. The molecule has 1 heterocycles. The van der Waals surface area contributed by atoms with E-state index in [4.69, 9.17) is 16.3 Å². The maximum Gasteiger partial charge on any atom is 0.266 e. The van der Waals surface area contributed by atoms with Gasteiger partial charge in [-0.3, -0.25) is 4.79 Å². The first-order valence-electron chi connectivity index (χ1n) is 9.79. The Morgan fingerprint density at radius 2 is 1.90 bits per heavy atom. The van der Waals surface area contributed by atoms with Crippen LogP contribution in [0.4, 0.5) is 5.69 Å². The van der Waals surface area contributed by atoms with E-state index in [0.29, 0.717) is 16.5 Å². The molecule has 1 amide bonds. The number of hydrogen-bond acceptors (Lipinski definition) is 3. The van der Waals surface area contributed by atoms with Crippen molar-refractivity contribution in [2.45, 2.75) is 27.7 Å². The molecule has 0 spiro atoms. The molecule has 6 heteroatoms. The third kappa shape index (κ3) is 4.50. The number of nitriles is 1. The summed E-state index contributed by atoms with van der Waals surface area (Å²) in [6.45, 7) is 8.16. The first kappa shape index (κ1) is 22.2. The summed E-state index contributed by atoms with van der Waals surface area (Å²) in [6, 6.07) is 15.1.